The minimum absolute atomic E-state index is 0.576. The Hall–Kier alpha value is -1.27. The number of rotatable bonds is 4. The first kappa shape index (κ1) is 9.92. The van der Waals surface area contributed by atoms with Crippen molar-refractivity contribution in [1.29, 1.82) is 0 Å². The zero-order valence-corrected chi connectivity index (χ0v) is 9.75. The molecule has 2 aromatic rings. The number of nitrogens with one attached hydrogen (secondary N) is 1. The summed E-state index contributed by atoms with van der Waals surface area (Å²) in [5.74, 6) is 1.29. The molecule has 1 aliphatic rings. The summed E-state index contributed by atoms with van der Waals surface area (Å²) >= 11 is 1.52. The van der Waals surface area contributed by atoms with Crippen molar-refractivity contribution >= 4 is 11.3 Å². The molecule has 2 heterocycles. The Bertz CT molecular complexity index is 488. The van der Waals surface area contributed by atoms with E-state index < -0.39 is 0 Å². The van der Waals surface area contributed by atoms with E-state index in [2.05, 4.69) is 20.4 Å². The monoisotopic (exact) mass is 236 g/mol. The van der Waals surface area contributed by atoms with Crippen LogP contribution in [0.25, 0.3) is 10.8 Å². The van der Waals surface area contributed by atoms with Gasteiger partial charge in [0, 0.05) is 6.04 Å². The van der Waals surface area contributed by atoms with Crippen molar-refractivity contribution in [2.45, 2.75) is 32.4 Å². The van der Waals surface area contributed by atoms with Gasteiger partial charge in [0.2, 0.25) is 0 Å². The molecule has 0 atom stereocenters. The molecule has 0 saturated heterocycles. The van der Waals surface area contributed by atoms with E-state index in [-0.39, 0.29) is 0 Å². The molecule has 2 aromatic heterocycles. The van der Waals surface area contributed by atoms with Gasteiger partial charge in [-0.15, -0.1) is 11.3 Å². The first-order chi connectivity index (χ1) is 7.83. The summed E-state index contributed by atoms with van der Waals surface area (Å²) in [6.45, 7) is 2.63. The molecular formula is C10H12N4OS. The average Bonchev–Trinajstić information content (AvgIpc) is 2.82. The minimum Gasteiger partial charge on any atom is -0.333 e. The van der Waals surface area contributed by atoms with E-state index in [9.17, 15) is 0 Å². The molecule has 1 aliphatic carbocycles. The van der Waals surface area contributed by atoms with Crippen LogP contribution in [-0.2, 0) is 6.54 Å². The molecule has 0 bridgehead atoms. The van der Waals surface area contributed by atoms with Crippen molar-refractivity contribution in [2.24, 2.45) is 0 Å². The van der Waals surface area contributed by atoms with Crippen molar-refractivity contribution in [3.8, 4) is 10.8 Å². The highest BCUT2D eigenvalue weighted by atomic mass is 32.1. The van der Waals surface area contributed by atoms with E-state index in [0.717, 1.165) is 16.4 Å². The van der Waals surface area contributed by atoms with Crippen molar-refractivity contribution in [3.05, 3.63) is 17.0 Å². The Morgan fingerprint density at radius 2 is 2.44 bits per heavy atom. The van der Waals surface area contributed by atoms with Crippen molar-refractivity contribution in [2.75, 3.05) is 0 Å². The Kier molecular flexibility index (Phi) is 2.45. The zero-order chi connectivity index (χ0) is 11.0. The van der Waals surface area contributed by atoms with Crippen LogP contribution in [0.1, 0.15) is 24.4 Å². The smallest absolute Gasteiger partial charge is 0.269 e. The largest absolute Gasteiger partial charge is 0.333 e. The predicted molar refractivity (Wildman–Crippen MR) is 60.0 cm³/mol. The van der Waals surface area contributed by atoms with Gasteiger partial charge in [-0.2, -0.15) is 4.98 Å². The third-order valence-corrected chi connectivity index (χ3v) is 3.45. The highest BCUT2D eigenvalue weighted by Gasteiger charge is 2.21. The van der Waals surface area contributed by atoms with Crippen LogP contribution >= 0.6 is 11.3 Å². The van der Waals surface area contributed by atoms with E-state index in [1.165, 1.54) is 24.2 Å². The maximum atomic E-state index is 5.21. The molecule has 0 amide bonds. The molecule has 1 saturated carbocycles. The third-order valence-electron chi connectivity index (χ3n) is 2.53. The topological polar surface area (TPSA) is 63.8 Å². The van der Waals surface area contributed by atoms with Gasteiger partial charge in [0.15, 0.2) is 5.82 Å². The molecule has 0 unspecified atom stereocenters. The normalized spacial score (nSPS) is 15.6. The lowest BCUT2D eigenvalue weighted by molar-refractivity contribution is 0.419. The highest BCUT2D eigenvalue weighted by Crippen LogP contribution is 2.25. The Morgan fingerprint density at radius 3 is 3.12 bits per heavy atom. The first-order valence-electron chi connectivity index (χ1n) is 5.29. The number of aryl methyl sites for hydroxylation is 1. The molecule has 1 fully saturated rings. The van der Waals surface area contributed by atoms with E-state index in [0.29, 0.717) is 18.5 Å². The summed E-state index contributed by atoms with van der Waals surface area (Å²) in [5, 5.41) is 7.29. The van der Waals surface area contributed by atoms with Crippen LogP contribution in [0.15, 0.2) is 10.0 Å². The number of hydrogen-bond acceptors (Lipinski definition) is 6. The van der Waals surface area contributed by atoms with E-state index in [1.807, 2.05) is 6.92 Å². The molecule has 1 N–H and O–H groups in total. The Morgan fingerprint density at radius 1 is 1.56 bits per heavy atom. The second-order valence-electron chi connectivity index (χ2n) is 3.94. The number of aromatic nitrogens is 3. The van der Waals surface area contributed by atoms with Crippen LogP contribution in [0, 0.1) is 6.92 Å². The Balaban J connectivity index is 1.74. The fourth-order valence-electron chi connectivity index (χ4n) is 1.45. The van der Waals surface area contributed by atoms with Gasteiger partial charge >= 0.3 is 0 Å². The van der Waals surface area contributed by atoms with Gasteiger partial charge in [-0.25, -0.2) is 4.98 Å². The molecule has 3 rings (SSSR count). The highest BCUT2D eigenvalue weighted by molar-refractivity contribution is 7.13. The zero-order valence-electron chi connectivity index (χ0n) is 8.93. The van der Waals surface area contributed by atoms with Crippen molar-refractivity contribution in [3.63, 3.8) is 0 Å². The van der Waals surface area contributed by atoms with Crippen LogP contribution in [-0.4, -0.2) is 21.2 Å². The fraction of sp³-hybridized carbons (Fsp3) is 0.500. The van der Waals surface area contributed by atoms with Gasteiger partial charge in [0.1, 0.15) is 4.88 Å². The van der Waals surface area contributed by atoms with Gasteiger partial charge in [0.25, 0.3) is 5.89 Å². The summed E-state index contributed by atoms with van der Waals surface area (Å²) in [5.41, 5.74) is 2.73. The molecule has 0 radical (unpaired) electrons. The van der Waals surface area contributed by atoms with E-state index >= 15 is 0 Å². The minimum atomic E-state index is 0.576. The number of thiazole rings is 1. The van der Waals surface area contributed by atoms with Gasteiger partial charge in [0.05, 0.1) is 17.7 Å². The number of nitrogens with zero attached hydrogens (tertiary/aromatic N) is 3. The lowest BCUT2D eigenvalue weighted by Gasteiger charge is -1.94. The molecule has 0 aliphatic heterocycles. The summed E-state index contributed by atoms with van der Waals surface area (Å²) in [4.78, 5) is 9.47. The molecule has 0 spiro atoms. The summed E-state index contributed by atoms with van der Waals surface area (Å²) in [7, 11) is 0. The van der Waals surface area contributed by atoms with Crippen LogP contribution in [0.4, 0.5) is 0 Å². The van der Waals surface area contributed by atoms with Crippen LogP contribution in [0.2, 0.25) is 0 Å². The van der Waals surface area contributed by atoms with Crippen LogP contribution < -0.4 is 5.32 Å². The molecule has 0 aromatic carbocycles. The van der Waals surface area contributed by atoms with Crippen molar-refractivity contribution < 1.29 is 4.52 Å². The molecule has 6 heteroatoms. The van der Waals surface area contributed by atoms with Crippen LogP contribution in [0.5, 0.6) is 0 Å². The standard InChI is InChI=1S/C10H12N4OS/c1-6-9(16-5-12-6)10-13-8(14-15-10)4-11-7-2-3-7/h5,7,11H,2-4H2,1H3. The van der Waals surface area contributed by atoms with E-state index in [4.69, 9.17) is 4.52 Å². The lowest BCUT2D eigenvalue weighted by atomic mass is 10.4. The van der Waals surface area contributed by atoms with Gasteiger partial charge < -0.3 is 9.84 Å². The quantitative estimate of drug-likeness (QED) is 0.876. The number of hydrogen-bond donors (Lipinski definition) is 1. The van der Waals surface area contributed by atoms with Gasteiger partial charge in [-0.1, -0.05) is 5.16 Å². The van der Waals surface area contributed by atoms with Gasteiger partial charge in [-0.3, -0.25) is 0 Å². The second kappa shape index (κ2) is 3.95. The SMILES string of the molecule is Cc1ncsc1-c1nc(CNC2CC2)no1. The summed E-state index contributed by atoms with van der Waals surface area (Å²) < 4.78 is 5.21. The first-order valence-corrected chi connectivity index (χ1v) is 6.17. The third kappa shape index (κ3) is 1.98. The molecule has 5 nitrogen and oxygen atoms in total. The molecular weight excluding hydrogens is 224 g/mol. The van der Waals surface area contributed by atoms with E-state index in [1.54, 1.807) is 5.51 Å². The maximum Gasteiger partial charge on any atom is 0.269 e. The molecule has 16 heavy (non-hydrogen) atoms. The second-order valence-corrected chi connectivity index (χ2v) is 4.79. The van der Waals surface area contributed by atoms with Crippen molar-refractivity contribution in [1.82, 2.24) is 20.4 Å². The lowest BCUT2D eigenvalue weighted by Crippen LogP contribution is -2.16. The van der Waals surface area contributed by atoms with Crippen LogP contribution in [0.3, 0.4) is 0 Å². The molecule has 84 valence electrons. The summed E-state index contributed by atoms with van der Waals surface area (Å²) in [6.07, 6.45) is 2.53. The average molecular weight is 236 g/mol. The Labute approximate surface area is 96.9 Å². The predicted octanol–water partition coefficient (Wildman–Crippen LogP) is 1.75. The summed E-state index contributed by atoms with van der Waals surface area (Å²) in [6, 6.07) is 0.659. The van der Waals surface area contributed by atoms with Gasteiger partial charge in [-0.05, 0) is 19.8 Å². The maximum absolute atomic E-state index is 5.21. The fourth-order valence-corrected chi connectivity index (χ4v) is 2.17.